The molecule has 1 amide bonds. The Hall–Kier alpha value is -2.38. The van der Waals surface area contributed by atoms with E-state index >= 15 is 0 Å². The fraction of sp³-hybridized carbons (Fsp3) is 0.389. The van der Waals surface area contributed by atoms with Crippen molar-refractivity contribution in [3.05, 3.63) is 52.3 Å². The first kappa shape index (κ1) is 18.4. The molecule has 2 aromatic rings. The van der Waals surface area contributed by atoms with Crippen molar-refractivity contribution >= 4 is 23.5 Å². The van der Waals surface area contributed by atoms with E-state index in [4.69, 9.17) is 16.3 Å². The second kappa shape index (κ2) is 7.88. The van der Waals surface area contributed by atoms with Crippen molar-refractivity contribution < 1.29 is 14.3 Å². The van der Waals surface area contributed by atoms with Gasteiger partial charge < -0.3 is 9.64 Å². The third-order valence-corrected chi connectivity index (χ3v) is 4.75. The molecule has 0 bridgehead atoms. The van der Waals surface area contributed by atoms with Crippen LogP contribution < -0.4 is 0 Å². The molecule has 3 rings (SSSR count). The third-order valence-electron chi connectivity index (χ3n) is 4.50. The van der Waals surface area contributed by atoms with Gasteiger partial charge in [-0.2, -0.15) is 5.10 Å². The molecule has 1 saturated heterocycles. The molecule has 1 aliphatic rings. The molecule has 1 fully saturated rings. The van der Waals surface area contributed by atoms with E-state index in [2.05, 4.69) is 10.2 Å². The summed E-state index contributed by atoms with van der Waals surface area (Å²) < 4.78 is 4.99. The van der Waals surface area contributed by atoms with E-state index in [1.165, 1.54) is 7.11 Å². The summed E-state index contributed by atoms with van der Waals surface area (Å²) in [4.78, 5) is 28.6. The lowest BCUT2D eigenvalue weighted by molar-refractivity contribution is -0.148. The van der Waals surface area contributed by atoms with Crippen LogP contribution >= 0.6 is 11.6 Å². The number of nitrogens with one attached hydrogen (secondary N) is 1. The first-order valence-electron chi connectivity index (χ1n) is 8.38. The van der Waals surface area contributed by atoms with Crippen LogP contribution in [-0.4, -0.2) is 65.2 Å². The van der Waals surface area contributed by atoms with Crippen molar-refractivity contribution in [2.24, 2.45) is 0 Å². The summed E-state index contributed by atoms with van der Waals surface area (Å²) in [6.45, 7) is 4.03. The average molecular weight is 377 g/mol. The van der Waals surface area contributed by atoms with Gasteiger partial charge in [0, 0.05) is 36.9 Å². The van der Waals surface area contributed by atoms with E-state index in [9.17, 15) is 9.59 Å². The van der Waals surface area contributed by atoms with Gasteiger partial charge in [0.1, 0.15) is 11.7 Å². The van der Waals surface area contributed by atoms with Crippen LogP contribution in [0.4, 0.5) is 0 Å². The molecule has 7 nitrogen and oxygen atoms in total. The van der Waals surface area contributed by atoms with Crippen molar-refractivity contribution in [1.82, 2.24) is 20.0 Å². The molecule has 0 radical (unpaired) electrons. The minimum absolute atomic E-state index is 0.102. The summed E-state index contributed by atoms with van der Waals surface area (Å²) in [5, 5.41) is 7.42. The van der Waals surface area contributed by atoms with Gasteiger partial charge in [0.2, 0.25) is 0 Å². The van der Waals surface area contributed by atoms with Crippen LogP contribution in [0.15, 0.2) is 30.3 Å². The standard InChI is InChI=1S/C18H21ClN4O3/c1-12-11-15(21-20-12)17(24)23-9-7-22(8-10-23)16(18(25)26-2)13-3-5-14(19)6-4-13/h3-6,11,16H,7-10H2,1-2H3,(H,20,21)/t16-/m0/s1. The SMILES string of the molecule is COC(=O)[C@H](c1ccc(Cl)cc1)N1CCN(C(=O)c2cc(C)[nH]n2)CC1. The topological polar surface area (TPSA) is 78.5 Å². The van der Waals surface area contributed by atoms with Gasteiger partial charge in [-0.3, -0.25) is 14.8 Å². The number of rotatable bonds is 4. The number of methoxy groups -OCH3 is 1. The lowest BCUT2D eigenvalue weighted by Crippen LogP contribution is -2.51. The Morgan fingerprint density at radius 2 is 1.85 bits per heavy atom. The fourth-order valence-corrected chi connectivity index (χ4v) is 3.25. The van der Waals surface area contributed by atoms with E-state index in [1.807, 2.05) is 24.0 Å². The highest BCUT2D eigenvalue weighted by atomic mass is 35.5. The molecule has 138 valence electrons. The van der Waals surface area contributed by atoms with E-state index in [0.29, 0.717) is 36.9 Å². The van der Waals surface area contributed by atoms with E-state index in [1.54, 1.807) is 23.1 Å². The number of H-pyrrole nitrogens is 1. The van der Waals surface area contributed by atoms with Gasteiger partial charge in [-0.05, 0) is 30.7 Å². The minimum atomic E-state index is -0.512. The van der Waals surface area contributed by atoms with Crippen molar-refractivity contribution in [3.8, 4) is 0 Å². The normalized spacial score (nSPS) is 16.3. The first-order chi connectivity index (χ1) is 12.5. The molecule has 1 aliphatic heterocycles. The number of halogens is 1. The molecular formula is C18H21ClN4O3. The lowest BCUT2D eigenvalue weighted by atomic mass is 10.0. The quantitative estimate of drug-likeness (QED) is 0.826. The highest BCUT2D eigenvalue weighted by molar-refractivity contribution is 6.30. The Morgan fingerprint density at radius 1 is 1.19 bits per heavy atom. The zero-order valence-corrected chi connectivity index (χ0v) is 15.5. The molecule has 2 heterocycles. The average Bonchev–Trinajstić information content (AvgIpc) is 3.09. The molecule has 8 heteroatoms. The summed E-state index contributed by atoms with van der Waals surface area (Å²) in [5.41, 5.74) is 2.09. The van der Waals surface area contributed by atoms with Gasteiger partial charge in [0.05, 0.1) is 7.11 Å². The highest BCUT2D eigenvalue weighted by Gasteiger charge is 2.32. The Labute approximate surface area is 156 Å². The Bertz CT molecular complexity index is 782. The summed E-state index contributed by atoms with van der Waals surface area (Å²) >= 11 is 5.95. The van der Waals surface area contributed by atoms with E-state index in [0.717, 1.165) is 11.3 Å². The molecule has 1 atom stereocenters. The number of hydrogen-bond donors (Lipinski definition) is 1. The number of piperazine rings is 1. The molecule has 1 aromatic carbocycles. The van der Waals surface area contributed by atoms with Crippen molar-refractivity contribution in [3.63, 3.8) is 0 Å². The predicted molar refractivity (Wildman–Crippen MR) is 97.0 cm³/mol. The van der Waals surface area contributed by atoms with Gasteiger partial charge in [-0.25, -0.2) is 4.79 Å². The van der Waals surface area contributed by atoms with Crippen molar-refractivity contribution in [2.75, 3.05) is 33.3 Å². The van der Waals surface area contributed by atoms with Crippen LogP contribution in [0.5, 0.6) is 0 Å². The maximum absolute atomic E-state index is 12.5. The number of ether oxygens (including phenoxy) is 1. The number of nitrogens with zero attached hydrogens (tertiary/aromatic N) is 3. The maximum atomic E-state index is 12.5. The Morgan fingerprint density at radius 3 is 2.38 bits per heavy atom. The smallest absolute Gasteiger partial charge is 0.327 e. The first-order valence-corrected chi connectivity index (χ1v) is 8.76. The number of aromatic amines is 1. The van der Waals surface area contributed by atoms with Gasteiger partial charge in [-0.1, -0.05) is 23.7 Å². The Balaban J connectivity index is 1.70. The number of aromatic nitrogens is 2. The van der Waals surface area contributed by atoms with Gasteiger partial charge in [0.25, 0.3) is 5.91 Å². The molecule has 0 saturated carbocycles. The summed E-state index contributed by atoms with van der Waals surface area (Å²) in [6, 6.07) is 8.39. The molecular weight excluding hydrogens is 356 g/mol. The molecule has 1 N–H and O–H groups in total. The van der Waals surface area contributed by atoms with Crippen LogP contribution in [0.3, 0.4) is 0 Å². The lowest BCUT2D eigenvalue weighted by Gasteiger charge is -2.38. The Kier molecular flexibility index (Phi) is 5.58. The number of amides is 1. The van der Waals surface area contributed by atoms with Crippen LogP contribution in [0.2, 0.25) is 5.02 Å². The number of aryl methyl sites for hydroxylation is 1. The summed E-state index contributed by atoms with van der Waals surface area (Å²) in [5.74, 6) is -0.426. The van der Waals surface area contributed by atoms with Crippen LogP contribution in [0.1, 0.15) is 27.8 Å². The molecule has 0 aliphatic carbocycles. The van der Waals surface area contributed by atoms with Crippen LogP contribution in [-0.2, 0) is 9.53 Å². The third kappa shape index (κ3) is 3.89. The monoisotopic (exact) mass is 376 g/mol. The van der Waals surface area contributed by atoms with Crippen molar-refractivity contribution in [1.29, 1.82) is 0 Å². The highest BCUT2D eigenvalue weighted by Crippen LogP contribution is 2.25. The van der Waals surface area contributed by atoms with Crippen LogP contribution in [0.25, 0.3) is 0 Å². The molecule has 0 spiro atoms. The molecule has 0 unspecified atom stereocenters. The van der Waals surface area contributed by atoms with E-state index in [-0.39, 0.29) is 11.9 Å². The summed E-state index contributed by atoms with van der Waals surface area (Å²) in [6.07, 6.45) is 0. The van der Waals surface area contributed by atoms with Crippen LogP contribution in [0, 0.1) is 6.92 Å². The second-order valence-electron chi connectivity index (χ2n) is 6.24. The van der Waals surface area contributed by atoms with E-state index < -0.39 is 6.04 Å². The molecule has 26 heavy (non-hydrogen) atoms. The van der Waals surface area contributed by atoms with Crippen molar-refractivity contribution in [2.45, 2.75) is 13.0 Å². The number of carbonyl (C=O) groups excluding carboxylic acids is 2. The largest absolute Gasteiger partial charge is 0.468 e. The van der Waals surface area contributed by atoms with Gasteiger partial charge in [0.15, 0.2) is 0 Å². The number of esters is 1. The number of carbonyl (C=O) groups is 2. The predicted octanol–water partition coefficient (Wildman–Crippen LogP) is 2.04. The number of hydrogen-bond acceptors (Lipinski definition) is 5. The zero-order chi connectivity index (χ0) is 18.7. The molecule has 1 aromatic heterocycles. The fourth-order valence-electron chi connectivity index (χ4n) is 3.13. The second-order valence-corrected chi connectivity index (χ2v) is 6.68. The minimum Gasteiger partial charge on any atom is -0.468 e. The van der Waals surface area contributed by atoms with Gasteiger partial charge >= 0.3 is 5.97 Å². The number of benzene rings is 1. The van der Waals surface area contributed by atoms with Gasteiger partial charge in [-0.15, -0.1) is 0 Å². The zero-order valence-electron chi connectivity index (χ0n) is 14.7. The maximum Gasteiger partial charge on any atom is 0.327 e. The summed E-state index contributed by atoms with van der Waals surface area (Å²) in [7, 11) is 1.38.